The zero-order valence-electron chi connectivity index (χ0n) is 14.8. The maximum Gasteiger partial charge on any atom is 0.260 e. The van der Waals surface area contributed by atoms with Crippen molar-refractivity contribution in [1.82, 2.24) is 15.1 Å². The van der Waals surface area contributed by atoms with E-state index >= 15 is 0 Å². The minimum absolute atomic E-state index is 0.0198. The molecule has 5 nitrogen and oxygen atoms in total. The number of nitrogens with zero attached hydrogens (tertiary/aromatic N) is 3. The fourth-order valence-electron chi connectivity index (χ4n) is 2.81. The summed E-state index contributed by atoms with van der Waals surface area (Å²) >= 11 is 6.13. The van der Waals surface area contributed by atoms with Crippen LogP contribution in [0.2, 0.25) is 5.15 Å². The molecule has 134 valence electrons. The molecular weight excluding hydrogens is 350 g/mol. The molecule has 0 aliphatic heterocycles. The van der Waals surface area contributed by atoms with E-state index in [0.29, 0.717) is 24.0 Å². The third kappa shape index (κ3) is 3.78. The van der Waals surface area contributed by atoms with Gasteiger partial charge in [0.25, 0.3) is 5.91 Å². The second-order valence-corrected chi connectivity index (χ2v) is 6.12. The van der Waals surface area contributed by atoms with Crippen molar-refractivity contribution in [3.8, 4) is 17.0 Å². The Hall–Kier alpha value is -2.66. The van der Waals surface area contributed by atoms with Gasteiger partial charge in [-0.3, -0.25) is 4.79 Å². The molecule has 0 fully saturated rings. The molecule has 0 aliphatic carbocycles. The maximum atomic E-state index is 12.0. The van der Waals surface area contributed by atoms with Crippen molar-refractivity contribution in [3.05, 3.63) is 53.7 Å². The van der Waals surface area contributed by atoms with Crippen LogP contribution in [0.4, 0.5) is 0 Å². The Kier molecular flexibility index (Phi) is 5.68. The molecule has 0 bridgehead atoms. The van der Waals surface area contributed by atoms with Crippen LogP contribution >= 0.6 is 11.6 Å². The van der Waals surface area contributed by atoms with E-state index in [2.05, 4.69) is 10.2 Å². The van der Waals surface area contributed by atoms with E-state index in [9.17, 15) is 4.79 Å². The first kappa shape index (κ1) is 18.1. The zero-order valence-corrected chi connectivity index (χ0v) is 15.5. The smallest absolute Gasteiger partial charge is 0.260 e. The minimum Gasteiger partial charge on any atom is -0.484 e. The lowest BCUT2D eigenvalue weighted by molar-refractivity contribution is -0.132. The summed E-state index contributed by atoms with van der Waals surface area (Å²) in [5, 5.41) is 10.5. The van der Waals surface area contributed by atoms with E-state index < -0.39 is 0 Å². The molecule has 1 amide bonds. The van der Waals surface area contributed by atoms with E-state index in [4.69, 9.17) is 16.3 Å². The zero-order chi connectivity index (χ0) is 18.5. The number of hydrogen-bond acceptors (Lipinski definition) is 4. The Morgan fingerprint density at radius 1 is 1.00 bits per heavy atom. The monoisotopic (exact) mass is 369 g/mol. The van der Waals surface area contributed by atoms with E-state index in [-0.39, 0.29) is 12.5 Å². The standard InChI is InChI=1S/C20H20ClN3O2/c1-3-24(4-2)18(25)13-26-15-11-9-14(10-12-15)19-16-7-5-6-8-17(16)20(21)23-22-19/h5-12H,3-4,13H2,1-2H3. The fraction of sp³-hybridized carbons (Fsp3) is 0.250. The minimum atomic E-state index is -0.0198. The highest BCUT2D eigenvalue weighted by Gasteiger charge is 2.12. The molecule has 1 heterocycles. The van der Waals surface area contributed by atoms with E-state index in [1.807, 2.05) is 62.4 Å². The van der Waals surface area contributed by atoms with Gasteiger partial charge in [-0.1, -0.05) is 35.9 Å². The number of carbonyl (C=O) groups excluding carboxylic acids is 1. The number of fused-ring (bicyclic) bond motifs is 1. The first-order valence-corrected chi connectivity index (χ1v) is 8.93. The van der Waals surface area contributed by atoms with Crippen molar-refractivity contribution in [1.29, 1.82) is 0 Å². The van der Waals surface area contributed by atoms with E-state index in [1.165, 1.54) is 0 Å². The normalized spacial score (nSPS) is 10.7. The van der Waals surface area contributed by atoms with Crippen LogP contribution in [-0.4, -0.2) is 40.7 Å². The molecule has 26 heavy (non-hydrogen) atoms. The van der Waals surface area contributed by atoms with Crippen molar-refractivity contribution in [3.63, 3.8) is 0 Å². The third-order valence-corrected chi connectivity index (χ3v) is 4.53. The van der Waals surface area contributed by atoms with Crippen molar-refractivity contribution >= 4 is 28.3 Å². The lowest BCUT2D eigenvalue weighted by Gasteiger charge is -2.18. The van der Waals surface area contributed by atoms with Gasteiger partial charge in [0, 0.05) is 29.4 Å². The first-order chi connectivity index (χ1) is 12.6. The summed E-state index contributed by atoms with van der Waals surface area (Å²) in [6.07, 6.45) is 0. The molecule has 0 spiro atoms. The second-order valence-electron chi connectivity index (χ2n) is 5.76. The molecule has 0 unspecified atom stereocenters. The topological polar surface area (TPSA) is 55.3 Å². The Bertz CT molecular complexity index is 909. The molecule has 0 saturated heterocycles. The first-order valence-electron chi connectivity index (χ1n) is 8.56. The van der Waals surface area contributed by atoms with Gasteiger partial charge in [0.2, 0.25) is 0 Å². The molecule has 0 N–H and O–H groups in total. The van der Waals surface area contributed by atoms with Gasteiger partial charge >= 0.3 is 0 Å². The van der Waals surface area contributed by atoms with Gasteiger partial charge in [-0.25, -0.2) is 0 Å². The lowest BCUT2D eigenvalue weighted by Crippen LogP contribution is -2.34. The van der Waals surface area contributed by atoms with Crippen LogP contribution in [0.25, 0.3) is 22.0 Å². The number of carbonyl (C=O) groups is 1. The van der Waals surface area contributed by atoms with Gasteiger partial charge in [-0.15, -0.1) is 10.2 Å². The van der Waals surface area contributed by atoms with Crippen LogP contribution in [0.3, 0.4) is 0 Å². The van der Waals surface area contributed by atoms with Crippen LogP contribution in [0.15, 0.2) is 48.5 Å². The molecule has 0 radical (unpaired) electrons. The molecule has 0 atom stereocenters. The van der Waals surface area contributed by atoms with Gasteiger partial charge in [0.1, 0.15) is 11.4 Å². The summed E-state index contributed by atoms with van der Waals surface area (Å²) in [4.78, 5) is 13.8. The largest absolute Gasteiger partial charge is 0.484 e. The van der Waals surface area contributed by atoms with Crippen LogP contribution in [-0.2, 0) is 4.79 Å². The number of aromatic nitrogens is 2. The molecular formula is C20H20ClN3O2. The second kappa shape index (κ2) is 8.15. The number of benzene rings is 2. The van der Waals surface area contributed by atoms with E-state index in [1.54, 1.807) is 4.90 Å². The molecule has 6 heteroatoms. The van der Waals surface area contributed by atoms with Crippen LogP contribution < -0.4 is 4.74 Å². The van der Waals surface area contributed by atoms with Gasteiger partial charge in [0.15, 0.2) is 11.8 Å². The predicted molar refractivity (Wildman–Crippen MR) is 103 cm³/mol. The summed E-state index contributed by atoms with van der Waals surface area (Å²) in [5.41, 5.74) is 1.67. The summed E-state index contributed by atoms with van der Waals surface area (Å²) in [6.45, 7) is 5.30. The average Bonchev–Trinajstić information content (AvgIpc) is 2.68. The van der Waals surface area contributed by atoms with Crippen LogP contribution in [0, 0.1) is 0 Å². The molecule has 3 aromatic rings. The number of hydrogen-bond donors (Lipinski definition) is 0. The van der Waals surface area contributed by atoms with Gasteiger partial charge in [-0.05, 0) is 38.1 Å². The van der Waals surface area contributed by atoms with Crippen molar-refractivity contribution in [2.24, 2.45) is 0 Å². The molecule has 0 aliphatic rings. The Balaban J connectivity index is 1.79. The van der Waals surface area contributed by atoms with Gasteiger partial charge in [-0.2, -0.15) is 0 Å². The Morgan fingerprint density at radius 3 is 2.31 bits per heavy atom. The maximum absolute atomic E-state index is 12.0. The third-order valence-electron chi connectivity index (χ3n) is 4.25. The predicted octanol–water partition coefficient (Wildman–Crippen LogP) is 4.20. The number of amides is 1. The highest BCUT2D eigenvalue weighted by molar-refractivity contribution is 6.34. The lowest BCUT2D eigenvalue weighted by atomic mass is 10.1. The Labute approximate surface area is 157 Å². The summed E-state index contributed by atoms with van der Waals surface area (Å²) < 4.78 is 5.60. The highest BCUT2D eigenvalue weighted by atomic mass is 35.5. The van der Waals surface area contributed by atoms with Crippen LogP contribution in [0.5, 0.6) is 5.75 Å². The molecule has 0 saturated carbocycles. The quantitative estimate of drug-likeness (QED) is 0.653. The van der Waals surface area contributed by atoms with Crippen molar-refractivity contribution in [2.45, 2.75) is 13.8 Å². The fourth-order valence-corrected chi connectivity index (χ4v) is 3.01. The summed E-state index contributed by atoms with van der Waals surface area (Å²) in [6, 6.07) is 15.2. The Morgan fingerprint density at radius 2 is 1.65 bits per heavy atom. The average molecular weight is 370 g/mol. The van der Waals surface area contributed by atoms with Crippen molar-refractivity contribution < 1.29 is 9.53 Å². The molecule has 2 aromatic carbocycles. The molecule has 1 aromatic heterocycles. The highest BCUT2D eigenvalue weighted by Crippen LogP contribution is 2.30. The number of rotatable bonds is 6. The number of ether oxygens (including phenoxy) is 1. The number of likely N-dealkylation sites (N-methyl/N-ethyl adjacent to an activating group) is 1. The summed E-state index contributed by atoms with van der Waals surface area (Å²) in [7, 11) is 0. The summed E-state index contributed by atoms with van der Waals surface area (Å²) in [5.74, 6) is 0.620. The van der Waals surface area contributed by atoms with Gasteiger partial charge < -0.3 is 9.64 Å². The van der Waals surface area contributed by atoms with Crippen LogP contribution in [0.1, 0.15) is 13.8 Å². The molecule has 3 rings (SSSR count). The van der Waals surface area contributed by atoms with Gasteiger partial charge in [0.05, 0.1) is 0 Å². The van der Waals surface area contributed by atoms with E-state index in [0.717, 1.165) is 22.0 Å². The SMILES string of the molecule is CCN(CC)C(=O)COc1ccc(-c2nnc(Cl)c3ccccc23)cc1. The number of halogens is 1. The van der Waals surface area contributed by atoms with Crippen molar-refractivity contribution in [2.75, 3.05) is 19.7 Å².